The quantitative estimate of drug-likeness (QED) is 0.680. The fraction of sp³-hybridized carbons (Fsp3) is 0.818. The molecule has 1 rings (SSSR count). The van der Waals surface area contributed by atoms with Crippen molar-refractivity contribution in [3.63, 3.8) is 0 Å². The number of rotatable bonds is 5. The highest BCUT2D eigenvalue weighted by molar-refractivity contribution is 5.82. The van der Waals surface area contributed by atoms with Gasteiger partial charge in [-0.3, -0.25) is 9.59 Å². The normalized spacial score (nSPS) is 19.5. The van der Waals surface area contributed by atoms with Gasteiger partial charge in [0.2, 0.25) is 5.91 Å². The summed E-state index contributed by atoms with van der Waals surface area (Å²) >= 11 is 0. The number of ether oxygens (including phenoxy) is 1. The number of likely N-dealkylation sites (N-methyl/N-ethyl adjacent to an activating group) is 1. The molecule has 0 aliphatic carbocycles. The Labute approximate surface area is 96.1 Å². The van der Waals surface area contributed by atoms with Gasteiger partial charge in [-0.1, -0.05) is 0 Å². The average molecular weight is 228 g/mol. The second-order valence-corrected chi connectivity index (χ2v) is 3.89. The first kappa shape index (κ1) is 13.0. The molecule has 1 aliphatic rings. The van der Waals surface area contributed by atoms with Crippen molar-refractivity contribution < 1.29 is 14.3 Å². The van der Waals surface area contributed by atoms with Crippen molar-refractivity contribution in [1.29, 1.82) is 0 Å². The zero-order valence-electron chi connectivity index (χ0n) is 9.99. The van der Waals surface area contributed by atoms with Gasteiger partial charge in [-0.05, 0) is 26.3 Å². The number of hydrogen-bond acceptors (Lipinski definition) is 4. The Hall–Kier alpha value is -1.10. The molecule has 0 spiro atoms. The minimum atomic E-state index is -0.273. The van der Waals surface area contributed by atoms with Crippen molar-refractivity contribution in [2.45, 2.75) is 32.2 Å². The van der Waals surface area contributed by atoms with Gasteiger partial charge in [0.05, 0.1) is 19.6 Å². The fourth-order valence-corrected chi connectivity index (χ4v) is 1.87. The maximum Gasteiger partial charge on any atom is 0.307 e. The fourth-order valence-electron chi connectivity index (χ4n) is 1.87. The van der Waals surface area contributed by atoms with Crippen LogP contribution in [0.3, 0.4) is 0 Å². The maximum absolute atomic E-state index is 12.0. The lowest BCUT2D eigenvalue weighted by molar-refractivity contribution is -0.142. The molecule has 1 saturated heterocycles. The van der Waals surface area contributed by atoms with Crippen LogP contribution in [0.5, 0.6) is 0 Å². The molecule has 1 fully saturated rings. The lowest BCUT2D eigenvalue weighted by atomic mass is 10.2. The van der Waals surface area contributed by atoms with Gasteiger partial charge in [-0.2, -0.15) is 0 Å². The van der Waals surface area contributed by atoms with Crippen molar-refractivity contribution in [2.24, 2.45) is 0 Å². The van der Waals surface area contributed by atoms with Crippen LogP contribution in [0.1, 0.15) is 26.2 Å². The summed E-state index contributed by atoms with van der Waals surface area (Å²) in [6.07, 6.45) is 2.21. The van der Waals surface area contributed by atoms with E-state index in [1.165, 1.54) is 7.11 Å². The van der Waals surface area contributed by atoms with E-state index < -0.39 is 0 Å². The molecule has 0 aromatic carbocycles. The maximum atomic E-state index is 12.0. The van der Waals surface area contributed by atoms with E-state index in [1.54, 1.807) is 4.90 Å². The number of carbonyl (C=O) groups excluding carboxylic acids is 2. The highest BCUT2D eigenvalue weighted by Gasteiger charge is 2.26. The van der Waals surface area contributed by atoms with Crippen LogP contribution in [0.4, 0.5) is 0 Å². The Morgan fingerprint density at radius 2 is 2.25 bits per heavy atom. The van der Waals surface area contributed by atoms with E-state index in [0.717, 1.165) is 19.4 Å². The third kappa shape index (κ3) is 3.48. The number of hydrogen-bond donors (Lipinski definition) is 1. The number of nitrogens with one attached hydrogen (secondary N) is 1. The van der Waals surface area contributed by atoms with Gasteiger partial charge in [-0.15, -0.1) is 0 Å². The molecule has 1 unspecified atom stereocenters. The number of esters is 1. The van der Waals surface area contributed by atoms with Gasteiger partial charge in [0.25, 0.3) is 0 Å². The van der Waals surface area contributed by atoms with Crippen LogP contribution in [0.2, 0.25) is 0 Å². The Morgan fingerprint density at radius 1 is 1.50 bits per heavy atom. The summed E-state index contributed by atoms with van der Waals surface area (Å²) in [7, 11) is 1.36. The van der Waals surface area contributed by atoms with E-state index in [-0.39, 0.29) is 24.3 Å². The number of carbonyl (C=O) groups is 2. The number of amides is 1. The molecule has 1 heterocycles. The smallest absolute Gasteiger partial charge is 0.307 e. The second-order valence-electron chi connectivity index (χ2n) is 3.89. The van der Waals surface area contributed by atoms with Gasteiger partial charge < -0.3 is 15.0 Å². The minimum Gasteiger partial charge on any atom is -0.469 e. The van der Waals surface area contributed by atoms with Crippen molar-refractivity contribution in [1.82, 2.24) is 10.2 Å². The summed E-state index contributed by atoms with van der Waals surface area (Å²) < 4.78 is 4.56. The molecule has 0 saturated carbocycles. The van der Waals surface area contributed by atoms with Crippen LogP contribution in [0, 0.1) is 0 Å². The van der Waals surface area contributed by atoms with E-state index in [0.29, 0.717) is 13.1 Å². The Morgan fingerprint density at radius 3 is 2.75 bits per heavy atom. The number of methoxy groups -OCH3 is 1. The molecule has 92 valence electrons. The first-order chi connectivity index (χ1) is 7.69. The second kappa shape index (κ2) is 6.48. The third-order valence-electron chi connectivity index (χ3n) is 2.87. The standard InChI is InChI=1S/C11H20N2O3/c1-3-13(8-6-10(14)16-2)11(15)9-5-4-7-12-9/h9,12H,3-8H2,1-2H3. The van der Waals surface area contributed by atoms with Crippen LogP contribution in [0.15, 0.2) is 0 Å². The van der Waals surface area contributed by atoms with Gasteiger partial charge >= 0.3 is 5.97 Å². The third-order valence-corrected chi connectivity index (χ3v) is 2.87. The first-order valence-electron chi connectivity index (χ1n) is 5.78. The molecule has 0 aromatic heterocycles. The van der Waals surface area contributed by atoms with Crippen molar-refractivity contribution >= 4 is 11.9 Å². The van der Waals surface area contributed by atoms with E-state index >= 15 is 0 Å². The molecule has 5 nitrogen and oxygen atoms in total. The highest BCUT2D eigenvalue weighted by atomic mass is 16.5. The van der Waals surface area contributed by atoms with Crippen molar-refractivity contribution in [3.05, 3.63) is 0 Å². The SMILES string of the molecule is CCN(CCC(=O)OC)C(=O)C1CCCN1. The van der Waals surface area contributed by atoms with Gasteiger partial charge in [0.15, 0.2) is 0 Å². The molecule has 16 heavy (non-hydrogen) atoms. The Bertz CT molecular complexity index is 250. The summed E-state index contributed by atoms with van der Waals surface area (Å²) in [4.78, 5) is 24.7. The molecule has 1 N–H and O–H groups in total. The molecule has 0 radical (unpaired) electrons. The van der Waals surface area contributed by atoms with Crippen LogP contribution < -0.4 is 5.32 Å². The summed E-state index contributed by atoms with van der Waals surface area (Å²) in [5.41, 5.74) is 0. The zero-order chi connectivity index (χ0) is 12.0. The van der Waals surface area contributed by atoms with Crippen LogP contribution in [0.25, 0.3) is 0 Å². The Kier molecular flexibility index (Phi) is 5.25. The summed E-state index contributed by atoms with van der Waals surface area (Å²) in [6, 6.07) is -0.0578. The summed E-state index contributed by atoms with van der Waals surface area (Å²) in [5, 5.41) is 3.17. The van der Waals surface area contributed by atoms with Gasteiger partial charge in [0.1, 0.15) is 0 Å². The van der Waals surface area contributed by atoms with Crippen LogP contribution >= 0.6 is 0 Å². The molecule has 5 heteroatoms. The van der Waals surface area contributed by atoms with E-state index in [1.807, 2.05) is 6.92 Å². The predicted molar refractivity (Wildman–Crippen MR) is 59.9 cm³/mol. The molecule has 1 atom stereocenters. The summed E-state index contributed by atoms with van der Waals surface area (Å²) in [6.45, 7) is 3.91. The van der Waals surface area contributed by atoms with Crippen LogP contribution in [-0.2, 0) is 14.3 Å². The predicted octanol–water partition coefficient (Wildman–Crippen LogP) is 0.150. The van der Waals surface area contributed by atoms with Gasteiger partial charge in [0, 0.05) is 13.1 Å². The largest absolute Gasteiger partial charge is 0.469 e. The monoisotopic (exact) mass is 228 g/mol. The van der Waals surface area contributed by atoms with E-state index in [4.69, 9.17) is 0 Å². The zero-order valence-corrected chi connectivity index (χ0v) is 9.99. The molecule has 0 bridgehead atoms. The first-order valence-corrected chi connectivity index (χ1v) is 5.78. The van der Waals surface area contributed by atoms with Crippen molar-refractivity contribution in [3.8, 4) is 0 Å². The summed E-state index contributed by atoms with van der Waals surface area (Å²) in [5.74, 6) is -0.172. The topological polar surface area (TPSA) is 58.6 Å². The minimum absolute atomic E-state index is 0.0578. The molecular weight excluding hydrogens is 208 g/mol. The molecule has 0 aromatic rings. The lowest BCUT2D eigenvalue weighted by Gasteiger charge is -2.23. The number of nitrogens with zero attached hydrogens (tertiary/aromatic N) is 1. The Balaban J connectivity index is 2.40. The van der Waals surface area contributed by atoms with Crippen LogP contribution in [-0.4, -0.2) is 49.6 Å². The van der Waals surface area contributed by atoms with Gasteiger partial charge in [-0.25, -0.2) is 0 Å². The van der Waals surface area contributed by atoms with Crippen molar-refractivity contribution in [2.75, 3.05) is 26.7 Å². The molecular formula is C11H20N2O3. The highest BCUT2D eigenvalue weighted by Crippen LogP contribution is 2.09. The average Bonchev–Trinajstić information content (AvgIpc) is 2.82. The molecule has 1 aliphatic heterocycles. The van der Waals surface area contributed by atoms with E-state index in [9.17, 15) is 9.59 Å². The lowest BCUT2D eigenvalue weighted by Crippen LogP contribution is -2.44. The van der Waals surface area contributed by atoms with E-state index in [2.05, 4.69) is 10.1 Å². The molecule has 1 amide bonds.